The quantitative estimate of drug-likeness (QED) is 0.670. The van der Waals surface area contributed by atoms with Gasteiger partial charge in [0.05, 0.1) is 0 Å². The molecule has 0 heterocycles. The highest BCUT2D eigenvalue weighted by Gasteiger charge is 1.94. The Labute approximate surface area is 78.2 Å². The highest BCUT2D eigenvalue weighted by atomic mass is 32.1. The molecule has 1 rings (SSSR count). The molecule has 0 aromatic heterocycles. The fraction of sp³-hybridized carbons (Fsp3) is 0.200. The fourth-order valence-electron chi connectivity index (χ4n) is 1.03. The van der Waals surface area contributed by atoms with Crippen molar-refractivity contribution in [3.8, 4) is 5.75 Å². The number of phenols is 1. The predicted octanol–water partition coefficient (Wildman–Crippen LogP) is 2.64. The van der Waals surface area contributed by atoms with Crippen LogP contribution in [0.2, 0.25) is 0 Å². The number of hydrogen-bond donors (Lipinski definition) is 2. The van der Waals surface area contributed by atoms with E-state index in [0.717, 1.165) is 16.9 Å². The molecule has 1 nitrogen and oxygen atoms in total. The molecule has 0 bridgehead atoms. The summed E-state index contributed by atoms with van der Waals surface area (Å²) in [6.07, 6.45) is 3.98. The zero-order valence-electron chi connectivity index (χ0n) is 6.99. The van der Waals surface area contributed by atoms with E-state index in [-0.39, 0.29) is 0 Å². The van der Waals surface area contributed by atoms with Gasteiger partial charge in [0.1, 0.15) is 5.75 Å². The summed E-state index contributed by atoms with van der Waals surface area (Å²) in [5, 5.41) is 9.12. The topological polar surface area (TPSA) is 20.2 Å². The number of hydrogen-bond acceptors (Lipinski definition) is 2. The Balaban J connectivity index is 2.94. The molecule has 0 saturated heterocycles. The summed E-state index contributed by atoms with van der Waals surface area (Å²) in [7, 11) is 0. The SMILES string of the molecule is Cc1cc(O)ccc1C=CCS. The second-order valence-electron chi connectivity index (χ2n) is 2.63. The van der Waals surface area contributed by atoms with Gasteiger partial charge in [-0.1, -0.05) is 18.2 Å². The Morgan fingerprint density at radius 1 is 1.50 bits per heavy atom. The molecule has 0 radical (unpaired) electrons. The normalized spacial score (nSPS) is 10.8. The Hall–Kier alpha value is -0.890. The third-order valence-electron chi connectivity index (χ3n) is 1.66. The molecule has 1 aromatic rings. The Bertz CT molecular complexity index is 292. The Morgan fingerprint density at radius 3 is 2.83 bits per heavy atom. The number of phenolic OH excluding ortho intramolecular Hbond substituents is 1. The van der Waals surface area contributed by atoms with E-state index in [4.69, 9.17) is 5.11 Å². The first-order chi connectivity index (χ1) is 5.74. The monoisotopic (exact) mass is 180 g/mol. The molecule has 0 amide bonds. The molecule has 0 spiro atoms. The van der Waals surface area contributed by atoms with Crippen LogP contribution in [-0.4, -0.2) is 10.9 Å². The summed E-state index contributed by atoms with van der Waals surface area (Å²) in [5.41, 5.74) is 2.20. The van der Waals surface area contributed by atoms with Crippen LogP contribution >= 0.6 is 12.6 Å². The summed E-state index contributed by atoms with van der Waals surface area (Å²) in [4.78, 5) is 0. The number of benzene rings is 1. The lowest BCUT2D eigenvalue weighted by molar-refractivity contribution is 0.475. The van der Waals surface area contributed by atoms with Crippen molar-refractivity contribution in [2.45, 2.75) is 6.92 Å². The van der Waals surface area contributed by atoms with Crippen molar-refractivity contribution in [3.05, 3.63) is 35.4 Å². The van der Waals surface area contributed by atoms with Gasteiger partial charge in [-0.25, -0.2) is 0 Å². The van der Waals surface area contributed by atoms with Crippen molar-refractivity contribution in [2.24, 2.45) is 0 Å². The summed E-state index contributed by atoms with van der Waals surface area (Å²) >= 11 is 4.07. The molecule has 1 aromatic carbocycles. The molecule has 12 heavy (non-hydrogen) atoms. The second-order valence-corrected chi connectivity index (χ2v) is 2.99. The molecule has 0 aliphatic heterocycles. The average Bonchev–Trinajstić information content (AvgIpc) is 2.03. The summed E-state index contributed by atoms with van der Waals surface area (Å²) < 4.78 is 0. The molecule has 0 atom stereocenters. The van der Waals surface area contributed by atoms with E-state index in [2.05, 4.69) is 12.6 Å². The minimum absolute atomic E-state index is 0.315. The van der Waals surface area contributed by atoms with Crippen LogP contribution in [0, 0.1) is 6.92 Å². The van der Waals surface area contributed by atoms with Crippen LogP contribution in [0.5, 0.6) is 5.75 Å². The molecule has 0 saturated carbocycles. The van der Waals surface area contributed by atoms with Gasteiger partial charge >= 0.3 is 0 Å². The largest absolute Gasteiger partial charge is 0.508 e. The molecule has 2 heteroatoms. The summed E-state index contributed by atoms with van der Waals surface area (Å²) in [5.74, 6) is 1.05. The maximum absolute atomic E-state index is 9.12. The van der Waals surface area contributed by atoms with Crippen molar-refractivity contribution >= 4 is 18.7 Å². The average molecular weight is 180 g/mol. The van der Waals surface area contributed by atoms with Gasteiger partial charge in [-0.3, -0.25) is 0 Å². The van der Waals surface area contributed by atoms with Crippen LogP contribution in [0.15, 0.2) is 24.3 Å². The number of thiol groups is 1. The molecule has 1 N–H and O–H groups in total. The molecular formula is C10H12OS. The Kier molecular flexibility index (Phi) is 3.23. The highest BCUT2D eigenvalue weighted by Crippen LogP contribution is 2.16. The predicted molar refractivity (Wildman–Crippen MR) is 55.7 cm³/mol. The molecular weight excluding hydrogens is 168 g/mol. The van der Waals surface area contributed by atoms with E-state index in [0.29, 0.717) is 5.75 Å². The minimum atomic E-state index is 0.315. The zero-order chi connectivity index (χ0) is 8.97. The molecule has 0 aliphatic rings. The smallest absolute Gasteiger partial charge is 0.115 e. The van der Waals surface area contributed by atoms with Crippen LogP contribution in [0.3, 0.4) is 0 Å². The lowest BCUT2D eigenvalue weighted by Crippen LogP contribution is -1.79. The standard InChI is InChI=1S/C10H12OS/c1-8-7-10(11)5-4-9(8)3-2-6-12/h2-5,7,11-12H,6H2,1H3. The molecule has 0 aliphatic carbocycles. The van der Waals surface area contributed by atoms with Gasteiger partial charge < -0.3 is 5.11 Å². The van der Waals surface area contributed by atoms with Crippen molar-refractivity contribution < 1.29 is 5.11 Å². The van der Waals surface area contributed by atoms with E-state index in [1.165, 1.54) is 0 Å². The van der Waals surface area contributed by atoms with Gasteiger partial charge in [0.2, 0.25) is 0 Å². The summed E-state index contributed by atoms with van der Waals surface area (Å²) in [6.45, 7) is 1.97. The van der Waals surface area contributed by atoms with Crippen LogP contribution < -0.4 is 0 Å². The van der Waals surface area contributed by atoms with Crippen LogP contribution in [0.4, 0.5) is 0 Å². The van der Waals surface area contributed by atoms with Gasteiger partial charge in [-0.05, 0) is 30.2 Å². The fourth-order valence-corrected chi connectivity index (χ4v) is 1.13. The van der Waals surface area contributed by atoms with E-state index in [9.17, 15) is 0 Å². The first-order valence-electron chi connectivity index (χ1n) is 3.81. The number of aryl methyl sites for hydroxylation is 1. The van der Waals surface area contributed by atoms with E-state index in [1.54, 1.807) is 12.1 Å². The Morgan fingerprint density at radius 2 is 2.25 bits per heavy atom. The third kappa shape index (κ3) is 2.31. The van der Waals surface area contributed by atoms with E-state index < -0.39 is 0 Å². The molecule has 64 valence electrons. The van der Waals surface area contributed by atoms with Gasteiger partial charge in [0, 0.05) is 5.75 Å². The number of rotatable bonds is 2. The van der Waals surface area contributed by atoms with E-state index in [1.807, 2.05) is 25.1 Å². The van der Waals surface area contributed by atoms with Crippen molar-refractivity contribution in [3.63, 3.8) is 0 Å². The van der Waals surface area contributed by atoms with Gasteiger partial charge in [-0.2, -0.15) is 12.6 Å². The number of aromatic hydroxyl groups is 1. The summed E-state index contributed by atoms with van der Waals surface area (Å²) in [6, 6.07) is 5.33. The highest BCUT2D eigenvalue weighted by molar-refractivity contribution is 7.80. The van der Waals surface area contributed by atoms with Crippen LogP contribution in [0.1, 0.15) is 11.1 Å². The van der Waals surface area contributed by atoms with Crippen molar-refractivity contribution in [1.29, 1.82) is 0 Å². The van der Waals surface area contributed by atoms with Gasteiger partial charge in [0.25, 0.3) is 0 Å². The maximum atomic E-state index is 9.12. The second kappa shape index (κ2) is 4.21. The van der Waals surface area contributed by atoms with Crippen molar-refractivity contribution in [1.82, 2.24) is 0 Å². The van der Waals surface area contributed by atoms with Gasteiger partial charge in [0.15, 0.2) is 0 Å². The lowest BCUT2D eigenvalue weighted by atomic mass is 10.1. The van der Waals surface area contributed by atoms with Gasteiger partial charge in [-0.15, -0.1) is 0 Å². The zero-order valence-corrected chi connectivity index (χ0v) is 7.88. The third-order valence-corrected chi connectivity index (χ3v) is 1.87. The van der Waals surface area contributed by atoms with Crippen LogP contribution in [0.25, 0.3) is 6.08 Å². The maximum Gasteiger partial charge on any atom is 0.115 e. The lowest BCUT2D eigenvalue weighted by Gasteiger charge is -1.99. The van der Waals surface area contributed by atoms with Crippen molar-refractivity contribution in [2.75, 3.05) is 5.75 Å². The molecule has 0 unspecified atom stereocenters. The van der Waals surface area contributed by atoms with E-state index >= 15 is 0 Å². The first-order valence-corrected chi connectivity index (χ1v) is 4.44. The first kappa shape index (κ1) is 9.20. The minimum Gasteiger partial charge on any atom is -0.508 e. The molecule has 0 fully saturated rings. The van der Waals surface area contributed by atoms with Crippen LogP contribution in [-0.2, 0) is 0 Å².